The Morgan fingerprint density at radius 2 is 1.78 bits per heavy atom. The highest BCUT2D eigenvalue weighted by atomic mass is 19.1. The molecule has 2 saturated heterocycles. The van der Waals surface area contributed by atoms with Crippen LogP contribution in [-0.4, -0.2) is 70.4 Å². The summed E-state index contributed by atoms with van der Waals surface area (Å²) < 4.78 is 21.1. The van der Waals surface area contributed by atoms with Gasteiger partial charge in [0.1, 0.15) is 5.82 Å². The highest BCUT2D eigenvalue weighted by molar-refractivity contribution is 5.94. The van der Waals surface area contributed by atoms with Gasteiger partial charge in [-0.1, -0.05) is 0 Å². The number of nitrogens with zero attached hydrogens (tertiary/aromatic N) is 4. The van der Waals surface area contributed by atoms with Gasteiger partial charge in [-0.15, -0.1) is 0 Å². The first-order valence-corrected chi connectivity index (χ1v) is 12.0. The molecule has 6 nitrogen and oxygen atoms in total. The standard InChI is InChI=1S/C25H33FN4O2/c1-17-14-28(15-18(2)32-17)16-19-10-12-29(13-11-19)25(31)24-22-4-3-5-23(22)30(27-24)21-8-6-20(26)7-9-21/h6-9,17-19H,3-5,10-16H2,1-2H3. The van der Waals surface area contributed by atoms with Crippen LogP contribution in [0, 0.1) is 11.7 Å². The lowest BCUT2D eigenvalue weighted by atomic mass is 9.95. The molecule has 3 aliphatic rings. The Bertz CT molecular complexity index is 955. The molecule has 1 aromatic carbocycles. The van der Waals surface area contributed by atoms with E-state index >= 15 is 0 Å². The number of likely N-dealkylation sites (tertiary alicyclic amines) is 1. The number of hydrogen-bond donors (Lipinski definition) is 0. The van der Waals surface area contributed by atoms with E-state index in [-0.39, 0.29) is 11.7 Å². The highest BCUT2D eigenvalue weighted by Gasteiger charge is 2.32. The number of rotatable bonds is 4. The molecule has 2 fully saturated rings. The molecule has 32 heavy (non-hydrogen) atoms. The fraction of sp³-hybridized carbons (Fsp3) is 0.600. The second-order valence-electron chi connectivity index (χ2n) is 9.73. The Hall–Kier alpha value is -2.25. The Labute approximate surface area is 189 Å². The lowest BCUT2D eigenvalue weighted by Gasteiger charge is -2.39. The molecular weight excluding hydrogens is 407 g/mol. The summed E-state index contributed by atoms with van der Waals surface area (Å²) in [6, 6.07) is 6.35. The van der Waals surface area contributed by atoms with Crippen LogP contribution in [0.25, 0.3) is 5.69 Å². The van der Waals surface area contributed by atoms with Crippen molar-refractivity contribution in [3.63, 3.8) is 0 Å². The Morgan fingerprint density at radius 3 is 2.47 bits per heavy atom. The predicted molar refractivity (Wildman–Crippen MR) is 121 cm³/mol. The first-order valence-electron chi connectivity index (χ1n) is 12.0. The van der Waals surface area contributed by atoms with E-state index < -0.39 is 0 Å². The normalized spacial score (nSPS) is 24.7. The smallest absolute Gasteiger partial charge is 0.274 e. The summed E-state index contributed by atoms with van der Waals surface area (Å²) >= 11 is 0. The van der Waals surface area contributed by atoms with Crippen LogP contribution in [0.5, 0.6) is 0 Å². The van der Waals surface area contributed by atoms with E-state index in [9.17, 15) is 9.18 Å². The van der Waals surface area contributed by atoms with Gasteiger partial charge in [-0.25, -0.2) is 9.07 Å². The average Bonchev–Trinajstić information content (AvgIpc) is 3.37. The van der Waals surface area contributed by atoms with Crippen LogP contribution in [0.4, 0.5) is 4.39 Å². The molecule has 1 amide bonds. The minimum atomic E-state index is -0.266. The minimum absolute atomic E-state index is 0.0519. The van der Waals surface area contributed by atoms with Crippen molar-refractivity contribution in [3.8, 4) is 5.69 Å². The van der Waals surface area contributed by atoms with E-state index in [0.717, 1.165) is 81.8 Å². The van der Waals surface area contributed by atoms with Gasteiger partial charge < -0.3 is 9.64 Å². The molecule has 2 unspecified atom stereocenters. The summed E-state index contributed by atoms with van der Waals surface area (Å²) in [6.07, 6.45) is 5.48. The molecule has 0 N–H and O–H groups in total. The van der Waals surface area contributed by atoms with Crippen molar-refractivity contribution in [2.24, 2.45) is 5.92 Å². The number of hydrogen-bond acceptors (Lipinski definition) is 4. The van der Waals surface area contributed by atoms with E-state index in [1.807, 2.05) is 9.58 Å². The SMILES string of the molecule is CC1CN(CC2CCN(C(=O)c3nn(-c4ccc(F)cc4)c4c3CCC4)CC2)CC(C)O1. The van der Waals surface area contributed by atoms with Crippen molar-refractivity contribution in [1.82, 2.24) is 19.6 Å². The van der Waals surface area contributed by atoms with Crippen molar-refractivity contribution in [3.05, 3.63) is 47.0 Å². The second-order valence-corrected chi connectivity index (χ2v) is 9.73. The van der Waals surface area contributed by atoms with Crippen molar-refractivity contribution in [2.45, 2.75) is 58.2 Å². The first kappa shape index (κ1) is 21.6. The number of amides is 1. The van der Waals surface area contributed by atoms with Gasteiger partial charge in [0, 0.05) is 44.0 Å². The lowest BCUT2D eigenvalue weighted by Crippen LogP contribution is -2.48. The number of carbonyl (C=O) groups is 1. The van der Waals surface area contributed by atoms with Crippen LogP contribution in [0.1, 0.15) is 54.9 Å². The number of morpholine rings is 1. The summed E-state index contributed by atoms with van der Waals surface area (Å²) in [6.45, 7) is 8.96. The zero-order chi connectivity index (χ0) is 22.2. The van der Waals surface area contributed by atoms with Crippen molar-refractivity contribution < 1.29 is 13.9 Å². The molecule has 172 valence electrons. The molecule has 0 saturated carbocycles. The lowest BCUT2D eigenvalue weighted by molar-refractivity contribution is -0.0728. The molecule has 0 radical (unpaired) electrons. The molecule has 7 heteroatoms. The van der Waals surface area contributed by atoms with E-state index in [2.05, 4.69) is 18.7 Å². The quantitative estimate of drug-likeness (QED) is 0.731. The average molecular weight is 441 g/mol. The highest BCUT2D eigenvalue weighted by Crippen LogP contribution is 2.30. The van der Waals surface area contributed by atoms with Gasteiger partial charge >= 0.3 is 0 Å². The number of piperidine rings is 1. The summed E-state index contributed by atoms with van der Waals surface area (Å²) in [5.41, 5.74) is 3.59. The summed E-state index contributed by atoms with van der Waals surface area (Å²) in [5, 5.41) is 4.72. The summed E-state index contributed by atoms with van der Waals surface area (Å²) in [4.78, 5) is 17.9. The topological polar surface area (TPSA) is 50.6 Å². The summed E-state index contributed by atoms with van der Waals surface area (Å²) in [7, 11) is 0. The molecule has 1 aromatic heterocycles. The van der Waals surface area contributed by atoms with E-state index in [1.165, 1.54) is 12.1 Å². The Kier molecular flexibility index (Phi) is 6.03. The van der Waals surface area contributed by atoms with Gasteiger partial charge in [-0.05, 0) is 76.1 Å². The molecule has 1 aliphatic carbocycles. The van der Waals surface area contributed by atoms with E-state index in [1.54, 1.807) is 12.1 Å². The molecule has 5 rings (SSSR count). The van der Waals surface area contributed by atoms with E-state index in [4.69, 9.17) is 9.84 Å². The largest absolute Gasteiger partial charge is 0.373 e. The zero-order valence-corrected chi connectivity index (χ0v) is 19.1. The number of aromatic nitrogens is 2. The van der Waals surface area contributed by atoms with Crippen molar-refractivity contribution in [2.75, 3.05) is 32.7 Å². The molecule has 3 heterocycles. The second kappa shape index (κ2) is 8.94. The van der Waals surface area contributed by atoms with Crippen LogP contribution >= 0.6 is 0 Å². The van der Waals surface area contributed by atoms with Gasteiger partial charge in [0.25, 0.3) is 5.91 Å². The molecule has 0 bridgehead atoms. The fourth-order valence-electron chi connectivity index (χ4n) is 5.67. The number of fused-ring (bicyclic) bond motifs is 1. The third kappa shape index (κ3) is 4.33. The van der Waals surface area contributed by atoms with Gasteiger partial charge in [0.2, 0.25) is 0 Å². The predicted octanol–water partition coefficient (Wildman–Crippen LogP) is 3.46. The van der Waals surface area contributed by atoms with Gasteiger partial charge in [-0.2, -0.15) is 5.10 Å². The Morgan fingerprint density at radius 1 is 1.09 bits per heavy atom. The maximum atomic E-state index is 13.4. The van der Waals surface area contributed by atoms with Crippen LogP contribution in [0.2, 0.25) is 0 Å². The van der Waals surface area contributed by atoms with Gasteiger partial charge in [0.15, 0.2) is 5.69 Å². The zero-order valence-electron chi connectivity index (χ0n) is 19.1. The fourth-order valence-corrected chi connectivity index (χ4v) is 5.67. The van der Waals surface area contributed by atoms with Crippen LogP contribution in [-0.2, 0) is 17.6 Å². The third-order valence-electron chi connectivity index (χ3n) is 7.12. The Balaban J connectivity index is 1.25. The van der Waals surface area contributed by atoms with E-state index in [0.29, 0.717) is 23.8 Å². The number of carbonyl (C=O) groups excluding carboxylic acids is 1. The first-order chi connectivity index (χ1) is 15.5. The molecule has 2 aliphatic heterocycles. The van der Waals surface area contributed by atoms with Crippen LogP contribution in [0.15, 0.2) is 24.3 Å². The third-order valence-corrected chi connectivity index (χ3v) is 7.12. The van der Waals surface area contributed by atoms with Crippen LogP contribution < -0.4 is 0 Å². The number of halogens is 1. The maximum absolute atomic E-state index is 13.4. The number of ether oxygens (including phenoxy) is 1. The van der Waals surface area contributed by atoms with Crippen LogP contribution in [0.3, 0.4) is 0 Å². The molecular formula is C25H33FN4O2. The monoisotopic (exact) mass is 440 g/mol. The molecule has 0 spiro atoms. The summed E-state index contributed by atoms with van der Waals surface area (Å²) in [5.74, 6) is 0.410. The van der Waals surface area contributed by atoms with Crippen molar-refractivity contribution >= 4 is 5.91 Å². The van der Waals surface area contributed by atoms with Gasteiger partial charge in [-0.3, -0.25) is 9.69 Å². The molecule has 2 aromatic rings. The molecule has 2 atom stereocenters. The maximum Gasteiger partial charge on any atom is 0.274 e. The number of benzene rings is 1. The minimum Gasteiger partial charge on any atom is -0.373 e. The van der Waals surface area contributed by atoms with Gasteiger partial charge in [0.05, 0.1) is 17.9 Å². The van der Waals surface area contributed by atoms with Crippen molar-refractivity contribution in [1.29, 1.82) is 0 Å².